The SMILES string of the molecule is [2H]c1c([2H])c(C([2H])([2H])[2H])c(OC([2H])([2H])C(=O)N[C@@H](Cc2ccccc2)[C@@H](O)C[C@H](Cc2ccccc2)NC(=O)[C@@]([2H])(N2C(=O)NC([2H])([2H])C([2H])([2H])C2([2H])[2H])C([2H])(C([2H])([2H])[2H])C([2H])([2H])[2H])c(C([2H])([2H])[2H])c1[2H]. The molecule has 4 atom stereocenters. The highest BCUT2D eigenvalue weighted by atomic mass is 16.5. The van der Waals surface area contributed by atoms with Gasteiger partial charge in [0, 0.05) is 45.1 Å². The Morgan fingerprint density at radius 2 is 1.72 bits per heavy atom. The molecule has 1 aliphatic rings. The van der Waals surface area contributed by atoms with Crippen molar-refractivity contribution in [2.24, 2.45) is 5.89 Å². The molecule has 9 nitrogen and oxygen atoms in total. The van der Waals surface area contributed by atoms with Gasteiger partial charge >= 0.3 is 6.03 Å². The molecule has 9 heteroatoms. The van der Waals surface area contributed by atoms with Crippen molar-refractivity contribution in [1.82, 2.24) is 20.9 Å². The molecule has 1 aliphatic heterocycles. The lowest BCUT2D eigenvalue weighted by Crippen LogP contribution is -2.59. The van der Waals surface area contributed by atoms with Crippen LogP contribution in [-0.4, -0.2) is 71.6 Å². The number of nitrogens with one attached hydrogen (secondary N) is 3. The van der Waals surface area contributed by atoms with Crippen molar-refractivity contribution >= 4 is 17.8 Å². The second kappa shape index (κ2) is 16.8. The number of ether oxygens (including phenoxy) is 1. The first-order valence-corrected chi connectivity index (χ1v) is 13.8. The molecular formula is C37H48N4O5. The van der Waals surface area contributed by atoms with Gasteiger partial charge in [0.25, 0.3) is 5.91 Å². The van der Waals surface area contributed by atoms with E-state index in [1.807, 2.05) is 0 Å². The van der Waals surface area contributed by atoms with Crippen LogP contribution in [0, 0.1) is 19.6 Å². The molecule has 0 bridgehead atoms. The van der Waals surface area contributed by atoms with Crippen molar-refractivity contribution in [1.29, 1.82) is 0 Å². The molecule has 0 spiro atoms. The van der Waals surface area contributed by atoms with Crippen molar-refractivity contribution < 1.29 is 58.5 Å². The maximum Gasteiger partial charge on any atom is 0.318 e. The smallest absolute Gasteiger partial charge is 0.318 e. The van der Waals surface area contributed by atoms with Gasteiger partial charge in [0.05, 0.1) is 20.4 Å². The predicted molar refractivity (Wildman–Crippen MR) is 180 cm³/mol. The van der Waals surface area contributed by atoms with E-state index in [2.05, 4.69) is 10.6 Å². The van der Waals surface area contributed by atoms with E-state index in [9.17, 15) is 20.9 Å². The zero-order valence-corrected chi connectivity index (χ0v) is 24.2. The second-order valence-corrected chi connectivity index (χ2v) is 9.94. The molecule has 0 unspecified atom stereocenters. The Morgan fingerprint density at radius 1 is 1.07 bits per heavy atom. The monoisotopic (exact) mass is 654 g/mol. The maximum atomic E-state index is 14.8. The zero-order valence-electron chi connectivity index (χ0n) is 49.2. The minimum absolute atomic E-state index is 0.268. The molecule has 0 aliphatic carbocycles. The van der Waals surface area contributed by atoms with E-state index in [0.717, 1.165) is 0 Å². The highest BCUT2D eigenvalue weighted by Crippen LogP contribution is 2.22. The van der Waals surface area contributed by atoms with Crippen molar-refractivity contribution in [2.75, 3.05) is 19.6 Å². The number of aliphatic hydroxyl groups is 1. The van der Waals surface area contributed by atoms with Crippen molar-refractivity contribution in [3.63, 3.8) is 0 Å². The number of hydrogen-bond donors (Lipinski definition) is 4. The van der Waals surface area contributed by atoms with E-state index in [1.165, 1.54) is 53.8 Å². The van der Waals surface area contributed by atoms with Crippen molar-refractivity contribution in [2.45, 2.75) is 77.2 Å². The second-order valence-electron chi connectivity index (χ2n) is 9.94. The van der Waals surface area contributed by atoms with Gasteiger partial charge in [-0.25, -0.2) is 4.79 Å². The number of urea groups is 1. The molecule has 4 rings (SSSR count). The maximum absolute atomic E-state index is 14.8. The summed E-state index contributed by atoms with van der Waals surface area (Å²) in [6.45, 7) is -27.5. The normalized spacial score (nSPS) is 29.4. The van der Waals surface area contributed by atoms with Gasteiger partial charge < -0.3 is 30.7 Å². The number of amides is 4. The molecule has 0 aromatic heterocycles. The summed E-state index contributed by atoms with van der Waals surface area (Å²) in [7, 11) is 0. The summed E-state index contributed by atoms with van der Waals surface area (Å²) in [5.41, 5.74) is -2.08. The number of nitrogens with zero attached hydrogens (tertiary/aromatic N) is 1. The van der Waals surface area contributed by atoms with Crippen LogP contribution < -0.4 is 20.7 Å². The first kappa shape index (κ1) is 14.2. The molecule has 3 aromatic carbocycles. The lowest BCUT2D eigenvalue weighted by molar-refractivity contribution is -0.128. The minimum atomic E-state index is -4.61. The number of carbonyl (C=O) groups excluding carboxylic acids is 3. The third-order valence-electron chi connectivity index (χ3n) is 6.62. The van der Waals surface area contributed by atoms with Crippen molar-refractivity contribution in [3.8, 4) is 5.75 Å². The summed E-state index contributed by atoms with van der Waals surface area (Å²) in [5, 5.41) is 17.7. The molecule has 246 valence electrons. The lowest BCUT2D eigenvalue weighted by Gasteiger charge is -2.37. The average Bonchev–Trinajstić information content (AvgIpc) is 3.20. The number of benzene rings is 3. The molecule has 46 heavy (non-hydrogen) atoms. The first-order valence-electron chi connectivity index (χ1n) is 26.3. The van der Waals surface area contributed by atoms with Crippen LogP contribution in [0.15, 0.2) is 78.8 Å². The number of aliphatic hydroxyl groups excluding tert-OH is 1. The summed E-state index contributed by atoms with van der Waals surface area (Å²) < 4.78 is 212. The Hall–Kier alpha value is -4.37. The topological polar surface area (TPSA) is 120 Å². The van der Waals surface area contributed by atoms with E-state index in [0.29, 0.717) is 5.56 Å². The van der Waals surface area contributed by atoms with Gasteiger partial charge in [0.1, 0.15) is 11.8 Å². The lowest BCUT2D eigenvalue weighted by atomic mass is 9.92. The predicted octanol–water partition coefficient (Wildman–Crippen LogP) is 4.33. The molecule has 0 radical (unpaired) electrons. The zero-order chi connectivity index (χ0) is 54.7. The summed E-state index contributed by atoms with van der Waals surface area (Å²) in [6, 6.07) is 0.962. The van der Waals surface area contributed by atoms with E-state index < -0.39 is 160 Å². The number of para-hydroxylation sites is 1. The van der Waals surface area contributed by atoms with Gasteiger partial charge in [-0.15, -0.1) is 0 Å². The highest BCUT2D eigenvalue weighted by Gasteiger charge is 2.35. The molecule has 4 amide bonds. The number of carbonyl (C=O) groups is 3. The fourth-order valence-electron chi connectivity index (χ4n) is 4.50. The summed E-state index contributed by atoms with van der Waals surface area (Å²) in [5.74, 6) is -10.2. The molecule has 1 heterocycles. The molecule has 0 saturated carbocycles. The van der Waals surface area contributed by atoms with Crippen LogP contribution in [0.5, 0.6) is 5.75 Å². The first-order chi connectivity index (χ1) is 31.9. The third-order valence-corrected chi connectivity index (χ3v) is 6.62. The molecule has 1 saturated heterocycles. The van der Waals surface area contributed by atoms with Crippen LogP contribution in [-0.2, 0) is 22.4 Å². The molecule has 1 fully saturated rings. The molecular weight excluding hydrogens is 580 g/mol. The van der Waals surface area contributed by atoms with E-state index in [-0.39, 0.29) is 5.56 Å². The van der Waals surface area contributed by atoms with Crippen LogP contribution in [0.4, 0.5) is 4.79 Å². The molecule has 3 aromatic rings. The van der Waals surface area contributed by atoms with Crippen molar-refractivity contribution in [3.05, 3.63) is 101 Å². The van der Waals surface area contributed by atoms with Crippen LogP contribution in [0.1, 0.15) is 83.0 Å². The van der Waals surface area contributed by atoms with E-state index in [4.69, 9.17) is 37.6 Å². The highest BCUT2D eigenvalue weighted by molar-refractivity contribution is 5.87. The standard InChI is InChI=1S/C37H48N4O5/c1-25(2)34(41-20-12-19-38-37(41)45)36(44)39-30(21-28-15-7-5-8-16-28)23-32(42)31(22-29-17-9-6-10-18-29)40-33(43)24-46-35-26(3)13-11-14-27(35)4/h5-11,13-18,25,30-32,34,42H,12,19-24H2,1-4H3,(H,38,45)(H,39,44)(H,40,43)/t30-,31-,32-,34-/m0/s1/i1D3,2D3,3D3,4D3,11D,12D2,13D,14D,19D2,20D2,24D2,25D,34D. The van der Waals surface area contributed by atoms with Gasteiger partial charge in [-0.05, 0) is 67.5 Å². The largest absolute Gasteiger partial charge is 0.483 e. The van der Waals surface area contributed by atoms with Gasteiger partial charge in [-0.3, -0.25) is 9.59 Å². The fourth-order valence-corrected chi connectivity index (χ4v) is 4.50. The van der Waals surface area contributed by atoms with Gasteiger partial charge in [0.2, 0.25) is 5.91 Å². The number of hydrogen-bond acceptors (Lipinski definition) is 5. The summed E-state index contributed by atoms with van der Waals surface area (Å²) in [6.07, 6.45) is -7.92. The van der Waals surface area contributed by atoms with Crippen LogP contribution in [0.25, 0.3) is 0 Å². The quantitative estimate of drug-likeness (QED) is 0.195. The third kappa shape index (κ3) is 9.81. The van der Waals surface area contributed by atoms with Crippen LogP contribution in [0.2, 0.25) is 0 Å². The minimum Gasteiger partial charge on any atom is -0.483 e. The van der Waals surface area contributed by atoms with Gasteiger partial charge in [-0.2, -0.15) is 0 Å². The van der Waals surface area contributed by atoms with Crippen LogP contribution in [0.3, 0.4) is 0 Å². The van der Waals surface area contributed by atoms with E-state index >= 15 is 0 Å². The summed E-state index contributed by atoms with van der Waals surface area (Å²) in [4.78, 5) is 41.7. The average molecular weight is 654 g/mol. The van der Waals surface area contributed by atoms with Gasteiger partial charge in [-0.1, -0.05) is 92.5 Å². The molecule has 4 N–H and O–H groups in total. The number of rotatable bonds is 15. The Kier molecular flexibility index (Phi) is 5.18. The Bertz CT molecular complexity index is 2390. The summed E-state index contributed by atoms with van der Waals surface area (Å²) >= 11 is 0. The Balaban J connectivity index is 1.89. The van der Waals surface area contributed by atoms with Crippen LogP contribution >= 0.6 is 0 Å². The Morgan fingerprint density at radius 3 is 2.35 bits per heavy atom. The van der Waals surface area contributed by atoms with Gasteiger partial charge in [0.15, 0.2) is 6.56 Å². The Labute approximate surface area is 307 Å². The van der Waals surface area contributed by atoms with E-state index in [1.54, 1.807) is 12.1 Å². The fraction of sp³-hybridized carbons (Fsp3) is 0.432.